The molecular weight excluding hydrogens is 579 g/mol. The van der Waals surface area contributed by atoms with Gasteiger partial charge in [-0.2, -0.15) is 39.5 Å². The van der Waals surface area contributed by atoms with Crippen molar-refractivity contribution in [2.45, 2.75) is 50.4 Å². The molecule has 0 aromatic carbocycles. The first-order valence-corrected chi connectivity index (χ1v) is 11.7. The average molecular weight is 602 g/mol. The molecular formula is C23H23F9N6O3. The molecule has 0 aliphatic carbocycles. The number of carbonyl (C=O) groups excluding carboxylic acids is 1. The third kappa shape index (κ3) is 7.40. The molecule has 3 aromatic heterocycles. The van der Waals surface area contributed by atoms with Gasteiger partial charge in [-0.3, -0.25) is 0 Å². The van der Waals surface area contributed by atoms with Gasteiger partial charge >= 0.3 is 24.6 Å². The first-order chi connectivity index (χ1) is 19.0. The molecule has 3 heterocycles. The van der Waals surface area contributed by atoms with E-state index < -0.39 is 61.7 Å². The Labute approximate surface area is 226 Å². The summed E-state index contributed by atoms with van der Waals surface area (Å²) >= 11 is 0. The van der Waals surface area contributed by atoms with Crippen molar-refractivity contribution in [3.05, 3.63) is 36.4 Å². The fraction of sp³-hybridized carbons (Fsp3) is 0.478. The number of ether oxygens (including phenoxy) is 2. The largest absolute Gasteiger partial charge is 0.494 e. The average Bonchev–Trinajstić information content (AvgIpc) is 3.35. The van der Waals surface area contributed by atoms with E-state index >= 15 is 0 Å². The molecule has 41 heavy (non-hydrogen) atoms. The molecule has 1 N–H and O–H groups in total. The van der Waals surface area contributed by atoms with E-state index in [0.29, 0.717) is 0 Å². The highest BCUT2D eigenvalue weighted by Crippen LogP contribution is 2.40. The summed E-state index contributed by atoms with van der Waals surface area (Å²) in [5.41, 5.74) is -0.819. The van der Waals surface area contributed by atoms with Crippen molar-refractivity contribution in [1.29, 1.82) is 0 Å². The van der Waals surface area contributed by atoms with Crippen LogP contribution in [0.5, 0.6) is 11.6 Å². The van der Waals surface area contributed by atoms with E-state index in [1.54, 1.807) is 0 Å². The maximum Gasteiger partial charge on any atom is 0.414 e. The predicted octanol–water partition coefficient (Wildman–Crippen LogP) is 5.72. The van der Waals surface area contributed by atoms with E-state index in [9.17, 15) is 44.3 Å². The van der Waals surface area contributed by atoms with Gasteiger partial charge < -0.3 is 24.1 Å². The van der Waals surface area contributed by atoms with Gasteiger partial charge in [0.1, 0.15) is 23.2 Å². The molecule has 0 fully saturated rings. The molecule has 2 atom stereocenters. The van der Waals surface area contributed by atoms with Crippen LogP contribution in [-0.2, 0) is 0 Å². The Bertz CT molecular complexity index is 1360. The number of hydrogen-bond acceptors (Lipinski definition) is 6. The van der Waals surface area contributed by atoms with E-state index in [2.05, 4.69) is 15.0 Å². The third-order valence-electron chi connectivity index (χ3n) is 5.79. The molecule has 2 unspecified atom stereocenters. The summed E-state index contributed by atoms with van der Waals surface area (Å²) in [5, 5.41) is 1.27. The second-order valence-corrected chi connectivity index (χ2v) is 8.51. The quantitative estimate of drug-likeness (QED) is 0.315. The molecule has 9 nitrogen and oxygen atoms in total. The zero-order valence-electron chi connectivity index (χ0n) is 21.5. The van der Waals surface area contributed by atoms with Gasteiger partial charge in [0.25, 0.3) is 5.88 Å². The van der Waals surface area contributed by atoms with Crippen LogP contribution in [0.3, 0.4) is 0 Å². The number of aromatic nitrogens is 4. The molecule has 0 aliphatic rings. The Morgan fingerprint density at radius 2 is 1.71 bits per heavy atom. The standard InChI is InChI=1S/C23H23F9N6O3/c1-4-38(20(39)36-15(22(27,28)29)7-8-21(24,25)26)17(23(30,31)32)12-5-6-14(40-2)16(34-12)13-11-37-10-9-33-18(37)19(35-13)41-3/h5-6,9-11,15,17H,4,7-8H2,1-3H3,(H,36,39). The summed E-state index contributed by atoms with van der Waals surface area (Å²) in [6.45, 7) is 0.274. The molecule has 0 saturated heterocycles. The normalized spacial score (nSPS) is 14.0. The summed E-state index contributed by atoms with van der Waals surface area (Å²) in [4.78, 5) is 25.0. The molecule has 0 bridgehead atoms. The Balaban J connectivity index is 2.06. The number of methoxy groups -OCH3 is 2. The van der Waals surface area contributed by atoms with Crippen molar-refractivity contribution in [2.75, 3.05) is 20.8 Å². The number of urea groups is 1. The van der Waals surface area contributed by atoms with Gasteiger partial charge in [0.15, 0.2) is 11.7 Å². The first kappa shape index (κ1) is 31.5. The Morgan fingerprint density at radius 3 is 2.24 bits per heavy atom. The van der Waals surface area contributed by atoms with Gasteiger partial charge in [-0.05, 0) is 25.5 Å². The van der Waals surface area contributed by atoms with Gasteiger partial charge in [-0.1, -0.05) is 0 Å². The number of halogens is 9. The van der Waals surface area contributed by atoms with Gasteiger partial charge in [0.2, 0.25) is 0 Å². The molecule has 3 rings (SSSR count). The molecule has 2 amide bonds. The molecule has 3 aromatic rings. The van der Waals surface area contributed by atoms with E-state index in [0.717, 1.165) is 19.1 Å². The van der Waals surface area contributed by atoms with Crippen LogP contribution in [0.4, 0.5) is 44.3 Å². The summed E-state index contributed by atoms with van der Waals surface area (Å²) in [5.74, 6) is -0.0544. The number of carbonyl (C=O) groups is 1. The summed E-state index contributed by atoms with van der Waals surface area (Å²) < 4.78 is 133. The Morgan fingerprint density at radius 1 is 1.02 bits per heavy atom. The number of imidazole rings is 1. The van der Waals surface area contributed by atoms with E-state index in [1.165, 1.54) is 42.5 Å². The van der Waals surface area contributed by atoms with Crippen LogP contribution in [-0.4, -0.2) is 75.6 Å². The Hall–Kier alpha value is -3.99. The third-order valence-corrected chi connectivity index (χ3v) is 5.79. The number of rotatable bonds is 9. The first-order valence-electron chi connectivity index (χ1n) is 11.7. The van der Waals surface area contributed by atoms with Crippen molar-refractivity contribution in [3.63, 3.8) is 0 Å². The maximum atomic E-state index is 14.4. The second-order valence-electron chi connectivity index (χ2n) is 8.51. The number of fused-ring (bicyclic) bond motifs is 1. The maximum absolute atomic E-state index is 14.4. The number of nitrogens with one attached hydrogen (secondary N) is 1. The Kier molecular flexibility index (Phi) is 9.12. The summed E-state index contributed by atoms with van der Waals surface area (Å²) in [6.07, 6.45) is -14.9. The van der Waals surface area contributed by atoms with Gasteiger partial charge in [0.05, 0.1) is 19.9 Å². The van der Waals surface area contributed by atoms with E-state index in [4.69, 9.17) is 9.47 Å². The lowest BCUT2D eigenvalue weighted by molar-refractivity contribution is -0.182. The second kappa shape index (κ2) is 11.9. The van der Waals surface area contributed by atoms with Crippen LogP contribution >= 0.6 is 0 Å². The van der Waals surface area contributed by atoms with Crippen LogP contribution in [0.1, 0.15) is 31.5 Å². The topological polar surface area (TPSA) is 93.9 Å². The molecule has 0 saturated carbocycles. The summed E-state index contributed by atoms with van der Waals surface area (Å²) in [7, 11) is 2.49. The van der Waals surface area contributed by atoms with Crippen LogP contribution in [0, 0.1) is 0 Å². The monoisotopic (exact) mass is 602 g/mol. The van der Waals surface area contributed by atoms with Crippen molar-refractivity contribution >= 4 is 11.7 Å². The lowest BCUT2D eigenvalue weighted by atomic mass is 10.1. The highest BCUT2D eigenvalue weighted by molar-refractivity contribution is 5.75. The minimum atomic E-state index is -5.36. The van der Waals surface area contributed by atoms with E-state index in [1.807, 2.05) is 0 Å². The highest BCUT2D eigenvalue weighted by Gasteiger charge is 2.49. The van der Waals surface area contributed by atoms with Crippen LogP contribution in [0.15, 0.2) is 30.7 Å². The van der Waals surface area contributed by atoms with Crippen molar-refractivity contribution in [2.24, 2.45) is 0 Å². The minimum Gasteiger partial charge on any atom is -0.494 e. The van der Waals surface area contributed by atoms with Gasteiger partial charge in [-0.25, -0.2) is 19.7 Å². The van der Waals surface area contributed by atoms with Gasteiger partial charge in [0, 0.05) is 31.6 Å². The zero-order chi connectivity index (χ0) is 30.8. The number of pyridine rings is 1. The fourth-order valence-electron chi connectivity index (χ4n) is 3.92. The molecule has 0 aliphatic heterocycles. The van der Waals surface area contributed by atoms with Gasteiger partial charge in [-0.15, -0.1) is 0 Å². The lowest BCUT2D eigenvalue weighted by Gasteiger charge is -2.34. The van der Waals surface area contributed by atoms with Crippen LogP contribution < -0.4 is 14.8 Å². The number of hydrogen-bond donors (Lipinski definition) is 1. The highest BCUT2D eigenvalue weighted by atomic mass is 19.4. The van der Waals surface area contributed by atoms with Crippen molar-refractivity contribution in [3.8, 4) is 23.0 Å². The smallest absolute Gasteiger partial charge is 0.414 e. The minimum absolute atomic E-state index is 0.00199. The number of amides is 2. The molecule has 0 radical (unpaired) electrons. The molecule has 18 heteroatoms. The fourth-order valence-corrected chi connectivity index (χ4v) is 3.92. The van der Waals surface area contributed by atoms with E-state index in [-0.39, 0.29) is 33.6 Å². The van der Waals surface area contributed by atoms with Crippen molar-refractivity contribution < 1.29 is 53.8 Å². The number of alkyl halides is 9. The lowest BCUT2D eigenvalue weighted by Crippen LogP contribution is -2.53. The zero-order valence-corrected chi connectivity index (χ0v) is 21.5. The number of nitrogens with zero attached hydrogens (tertiary/aromatic N) is 5. The predicted molar refractivity (Wildman–Crippen MR) is 124 cm³/mol. The van der Waals surface area contributed by atoms with Crippen molar-refractivity contribution in [1.82, 2.24) is 29.6 Å². The molecule has 0 spiro atoms. The summed E-state index contributed by atoms with van der Waals surface area (Å²) in [6, 6.07) is -5.90. The van der Waals surface area contributed by atoms with Crippen LogP contribution in [0.2, 0.25) is 0 Å². The van der Waals surface area contributed by atoms with Crippen LogP contribution in [0.25, 0.3) is 17.0 Å². The SMILES string of the molecule is CCN(C(=O)NC(CCC(F)(F)F)C(F)(F)F)C(c1ccc(OC)c(-c2cn3ccnc3c(OC)n2)n1)C(F)(F)F. The molecule has 226 valence electrons.